The molecular formula is C29H38F3NO3. The highest BCUT2D eigenvalue weighted by molar-refractivity contribution is 5.89. The van der Waals surface area contributed by atoms with Crippen molar-refractivity contribution in [2.24, 2.45) is 23.2 Å². The van der Waals surface area contributed by atoms with E-state index in [1.54, 1.807) is 18.2 Å². The van der Waals surface area contributed by atoms with Gasteiger partial charge in [0.05, 0.1) is 12.0 Å². The van der Waals surface area contributed by atoms with Crippen molar-refractivity contribution in [3.63, 3.8) is 0 Å². The van der Waals surface area contributed by atoms with Gasteiger partial charge in [0.25, 0.3) is 0 Å². The molecule has 2 N–H and O–H groups in total. The Morgan fingerprint density at radius 2 is 1.83 bits per heavy atom. The molecule has 0 spiro atoms. The number of aliphatic carboxylic acids is 1. The first-order valence-corrected chi connectivity index (χ1v) is 13.2. The molecule has 3 atom stereocenters. The Kier molecular flexibility index (Phi) is 7.61. The van der Waals surface area contributed by atoms with Crippen LogP contribution in [-0.2, 0) is 11.0 Å². The van der Waals surface area contributed by atoms with Gasteiger partial charge < -0.3 is 15.2 Å². The largest absolute Gasteiger partial charge is 0.490 e. The number of hydrogen-bond donors (Lipinski definition) is 2. The zero-order valence-electron chi connectivity index (χ0n) is 21.6. The van der Waals surface area contributed by atoms with Crippen LogP contribution in [0.15, 0.2) is 30.3 Å². The molecule has 0 heterocycles. The Balaban J connectivity index is 1.54. The van der Waals surface area contributed by atoms with Crippen LogP contribution < -0.4 is 10.1 Å². The molecule has 0 aliphatic heterocycles. The second-order valence-electron chi connectivity index (χ2n) is 11.4. The summed E-state index contributed by atoms with van der Waals surface area (Å²) in [5.74, 6) is -0.362. The van der Waals surface area contributed by atoms with Gasteiger partial charge in [-0.15, -0.1) is 0 Å². The zero-order chi connectivity index (χ0) is 26.3. The van der Waals surface area contributed by atoms with Crippen LogP contribution >= 0.6 is 0 Å². The molecule has 2 aliphatic carbocycles. The molecule has 2 aromatic carbocycles. The van der Waals surface area contributed by atoms with Crippen LogP contribution in [0.2, 0.25) is 0 Å². The lowest BCUT2D eigenvalue weighted by atomic mass is 9.54. The molecule has 0 unspecified atom stereocenters. The van der Waals surface area contributed by atoms with Gasteiger partial charge in [0.15, 0.2) is 0 Å². The van der Waals surface area contributed by atoms with Gasteiger partial charge >= 0.3 is 12.1 Å². The highest BCUT2D eigenvalue weighted by Gasteiger charge is 2.51. The average molecular weight is 506 g/mol. The van der Waals surface area contributed by atoms with E-state index in [9.17, 15) is 23.1 Å². The Morgan fingerprint density at radius 3 is 2.42 bits per heavy atom. The topological polar surface area (TPSA) is 58.6 Å². The number of rotatable bonds is 8. The monoisotopic (exact) mass is 505 g/mol. The van der Waals surface area contributed by atoms with Crippen molar-refractivity contribution in [2.75, 3.05) is 6.54 Å². The van der Waals surface area contributed by atoms with Crippen LogP contribution in [-0.4, -0.2) is 23.7 Å². The molecule has 7 heteroatoms. The number of benzene rings is 2. The smallest absolute Gasteiger partial charge is 0.420 e. The second kappa shape index (κ2) is 10.2. The molecule has 4 rings (SSSR count). The van der Waals surface area contributed by atoms with Crippen molar-refractivity contribution in [2.45, 2.75) is 84.5 Å². The van der Waals surface area contributed by atoms with Gasteiger partial charge in [-0.2, -0.15) is 13.2 Å². The normalized spacial score (nSPS) is 26.9. The Bertz CT molecular complexity index is 1090. The molecule has 2 saturated carbocycles. The summed E-state index contributed by atoms with van der Waals surface area (Å²) in [6, 6.07) is 8.23. The average Bonchev–Trinajstić information content (AvgIpc) is 2.82. The molecule has 2 aliphatic rings. The van der Waals surface area contributed by atoms with Gasteiger partial charge in [0.2, 0.25) is 0 Å². The van der Waals surface area contributed by atoms with Crippen molar-refractivity contribution < 1.29 is 27.8 Å². The molecule has 36 heavy (non-hydrogen) atoms. The maximum atomic E-state index is 14.3. The van der Waals surface area contributed by atoms with Crippen molar-refractivity contribution in [1.29, 1.82) is 0 Å². The number of nitrogens with one attached hydrogen (secondary N) is 1. The maximum Gasteiger partial charge on any atom is 0.420 e. The number of fused-ring (bicyclic) bond motifs is 1. The minimum atomic E-state index is -4.54. The Morgan fingerprint density at radius 1 is 1.17 bits per heavy atom. The summed E-state index contributed by atoms with van der Waals surface area (Å²) in [6.07, 6.45) is 0.554. The minimum absolute atomic E-state index is 0.0800. The van der Waals surface area contributed by atoms with Crippen LogP contribution in [0.3, 0.4) is 0 Å². The van der Waals surface area contributed by atoms with Crippen LogP contribution in [0.1, 0.15) is 83.4 Å². The third-order valence-corrected chi connectivity index (χ3v) is 8.89. The van der Waals surface area contributed by atoms with Crippen LogP contribution in [0, 0.1) is 23.2 Å². The minimum Gasteiger partial charge on any atom is -0.490 e. The van der Waals surface area contributed by atoms with Crippen molar-refractivity contribution >= 4 is 16.7 Å². The quantitative estimate of drug-likeness (QED) is 0.388. The van der Waals surface area contributed by atoms with Gasteiger partial charge in [-0.05, 0) is 91.3 Å². The van der Waals surface area contributed by atoms with E-state index in [1.165, 1.54) is 6.07 Å². The number of hydrogen-bond acceptors (Lipinski definition) is 3. The van der Waals surface area contributed by atoms with E-state index in [0.717, 1.165) is 37.7 Å². The number of ether oxygens (including phenoxy) is 1. The van der Waals surface area contributed by atoms with Crippen molar-refractivity contribution in [1.82, 2.24) is 5.32 Å². The fraction of sp³-hybridized carbons (Fsp3) is 0.621. The highest BCUT2D eigenvalue weighted by Crippen LogP contribution is 2.51. The highest BCUT2D eigenvalue weighted by atomic mass is 19.4. The molecule has 2 fully saturated rings. The van der Waals surface area contributed by atoms with Gasteiger partial charge in [-0.25, -0.2) is 0 Å². The third-order valence-electron chi connectivity index (χ3n) is 8.89. The number of carboxylic acids is 1. The first kappa shape index (κ1) is 26.8. The van der Waals surface area contributed by atoms with Crippen LogP contribution in [0.25, 0.3) is 10.8 Å². The van der Waals surface area contributed by atoms with E-state index in [-0.39, 0.29) is 40.5 Å². The molecule has 4 nitrogen and oxygen atoms in total. The van der Waals surface area contributed by atoms with Crippen LogP contribution in [0.4, 0.5) is 13.2 Å². The predicted molar refractivity (Wildman–Crippen MR) is 135 cm³/mol. The summed E-state index contributed by atoms with van der Waals surface area (Å²) in [7, 11) is 0. The molecular weight excluding hydrogens is 467 g/mol. The molecule has 2 aromatic rings. The fourth-order valence-corrected chi connectivity index (χ4v) is 6.03. The van der Waals surface area contributed by atoms with Crippen LogP contribution in [0.5, 0.6) is 5.75 Å². The number of carboxylic acid groups (broad SMARTS) is 1. The standard InChI is InChI=1S/C29H38F3NO3/c1-5-18-6-11-22(12-7-18)36-25-13-10-19-8-9-20(14-23(19)26(25)29(30,31)32)17(2)33-16-21-15-24(27(34)35)28(21,3)4/h8-10,13-14,17-18,21-22,24,33H,5-7,11-12,15-16H2,1-4H3,(H,34,35)/t17-,18?,21-,22?,24+/m0/s1. The fourth-order valence-electron chi connectivity index (χ4n) is 6.03. The molecule has 0 amide bonds. The first-order chi connectivity index (χ1) is 16.9. The van der Waals surface area contributed by atoms with E-state index < -0.39 is 17.7 Å². The number of alkyl halides is 3. The van der Waals surface area contributed by atoms with Gasteiger partial charge in [-0.1, -0.05) is 45.4 Å². The predicted octanol–water partition coefficient (Wildman–Crippen LogP) is 7.60. The molecule has 198 valence electrons. The first-order valence-electron chi connectivity index (χ1n) is 13.2. The molecule has 0 saturated heterocycles. The van der Waals surface area contributed by atoms with E-state index in [4.69, 9.17) is 4.74 Å². The zero-order valence-corrected chi connectivity index (χ0v) is 21.6. The molecule has 0 radical (unpaired) electrons. The summed E-state index contributed by atoms with van der Waals surface area (Å²) >= 11 is 0. The Hall–Kier alpha value is -2.28. The van der Waals surface area contributed by atoms with Crippen molar-refractivity contribution in [3.8, 4) is 5.75 Å². The van der Waals surface area contributed by atoms with Crippen molar-refractivity contribution in [3.05, 3.63) is 41.5 Å². The van der Waals surface area contributed by atoms with Gasteiger partial charge in [0.1, 0.15) is 11.3 Å². The number of carbonyl (C=O) groups is 1. The number of halogens is 3. The lowest BCUT2D eigenvalue weighted by Gasteiger charge is -2.50. The lowest BCUT2D eigenvalue weighted by molar-refractivity contribution is -0.158. The summed E-state index contributed by atoms with van der Waals surface area (Å²) in [4.78, 5) is 11.4. The molecule has 0 bridgehead atoms. The molecule has 0 aromatic heterocycles. The summed E-state index contributed by atoms with van der Waals surface area (Å²) in [5.41, 5.74) is -0.245. The summed E-state index contributed by atoms with van der Waals surface area (Å²) in [6.45, 7) is 8.64. The van der Waals surface area contributed by atoms with E-state index in [1.807, 2.05) is 26.8 Å². The third kappa shape index (κ3) is 5.36. The van der Waals surface area contributed by atoms with Gasteiger partial charge in [0, 0.05) is 6.04 Å². The SMILES string of the molecule is CCC1CCC(Oc2ccc3ccc([C@H](C)NC[C@@H]4C[C@H](C(=O)O)C4(C)C)cc3c2C(F)(F)F)CC1. The van der Waals surface area contributed by atoms with E-state index in [0.29, 0.717) is 24.3 Å². The Labute approximate surface area is 211 Å². The van der Waals surface area contributed by atoms with E-state index in [2.05, 4.69) is 12.2 Å². The summed E-state index contributed by atoms with van der Waals surface area (Å²) < 4.78 is 49.0. The van der Waals surface area contributed by atoms with E-state index >= 15 is 0 Å². The summed E-state index contributed by atoms with van der Waals surface area (Å²) in [5, 5.41) is 13.5. The second-order valence-corrected chi connectivity index (χ2v) is 11.4. The van der Waals surface area contributed by atoms with Gasteiger partial charge in [-0.3, -0.25) is 4.79 Å². The maximum absolute atomic E-state index is 14.3. The lowest BCUT2D eigenvalue weighted by Crippen LogP contribution is -2.52.